The van der Waals surface area contributed by atoms with Gasteiger partial charge < -0.3 is 10.4 Å². The first-order chi connectivity index (χ1) is 17.2. The molecule has 0 bridgehead atoms. The van der Waals surface area contributed by atoms with Crippen LogP contribution in [0.4, 0.5) is 18.9 Å². The summed E-state index contributed by atoms with van der Waals surface area (Å²) >= 11 is 0. The van der Waals surface area contributed by atoms with Crippen LogP contribution in [0.5, 0.6) is 0 Å². The molecule has 2 aliphatic rings. The van der Waals surface area contributed by atoms with Gasteiger partial charge in [0, 0.05) is 11.7 Å². The Kier molecular flexibility index (Phi) is 8.56. The summed E-state index contributed by atoms with van der Waals surface area (Å²) in [6.45, 7) is 3.67. The first-order valence-corrected chi connectivity index (χ1v) is 13.5. The molecule has 37 heavy (non-hydrogen) atoms. The molecule has 11 heteroatoms. The standard InChI is InChI=1S/C24H30N2O3S.C2HF3O2/c1-17-8-9-18(2)22(16-17)30(28,29)26-21-12-10-19(11-13-21)24(14-15-24)23(27)25-20-6-4-3-5-7-20;3-2(4,5)1(6)7/h8-13,16,20,26H,3-7,14-15H2,1-2H3,(H,25,27);(H,6,7). The molecule has 7 nitrogen and oxygen atoms in total. The third kappa shape index (κ3) is 7.24. The number of carboxylic acids is 1. The maximum atomic E-state index is 12.9. The average molecular weight is 541 g/mol. The fourth-order valence-electron chi connectivity index (χ4n) is 4.41. The van der Waals surface area contributed by atoms with Crippen LogP contribution >= 0.6 is 0 Å². The molecule has 2 saturated carbocycles. The van der Waals surface area contributed by atoms with Crippen LogP contribution in [0.1, 0.15) is 61.6 Å². The van der Waals surface area contributed by atoms with Crippen LogP contribution in [0.2, 0.25) is 0 Å². The zero-order valence-corrected chi connectivity index (χ0v) is 21.5. The highest BCUT2D eigenvalue weighted by atomic mass is 32.2. The summed E-state index contributed by atoms with van der Waals surface area (Å²) in [5, 5.41) is 10.4. The highest BCUT2D eigenvalue weighted by Crippen LogP contribution is 2.49. The minimum Gasteiger partial charge on any atom is -0.475 e. The van der Waals surface area contributed by atoms with Gasteiger partial charge in [0.2, 0.25) is 5.91 Å². The summed E-state index contributed by atoms with van der Waals surface area (Å²) in [6, 6.07) is 13.0. The van der Waals surface area contributed by atoms with Gasteiger partial charge in [-0.3, -0.25) is 9.52 Å². The maximum Gasteiger partial charge on any atom is 0.490 e. The summed E-state index contributed by atoms with van der Waals surface area (Å²) in [5.74, 6) is -2.63. The van der Waals surface area contributed by atoms with E-state index in [0.29, 0.717) is 17.3 Å². The topological polar surface area (TPSA) is 113 Å². The van der Waals surface area contributed by atoms with Crippen LogP contribution in [-0.4, -0.2) is 37.6 Å². The molecule has 2 aliphatic carbocycles. The van der Waals surface area contributed by atoms with Gasteiger partial charge in [-0.05, 0) is 74.4 Å². The molecule has 2 aromatic carbocycles. The Hall–Kier alpha value is -3.08. The number of anilines is 1. The molecular weight excluding hydrogens is 509 g/mol. The number of carboxylic acid groups (broad SMARTS) is 1. The van der Waals surface area contributed by atoms with Crippen molar-refractivity contribution < 1.29 is 36.3 Å². The molecule has 0 saturated heterocycles. The van der Waals surface area contributed by atoms with E-state index in [1.165, 1.54) is 19.3 Å². The Balaban J connectivity index is 0.000000479. The van der Waals surface area contributed by atoms with E-state index in [2.05, 4.69) is 10.0 Å². The number of rotatable bonds is 6. The molecule has 0 aromatic heterocycles. The predicted molar refractivity (Wildman–Crippen MR) is 133 cm³/mol. The Morgan fingerprint density at radius 3 is 2.05 bits per heavy atom. The van der Waals surface area contributed by atoms with Crippen LogP contribution in [-0.2, 0) is 25.0 Å². The van der Waals surface area contributed by atoms with Crippen LogP contribution in [0.25, 0.3) is 0 Å². The zero-order chi connectivity index (χ0) is 27.4. The molecule has 0 aliphatic heterocycles. The van der Waals surface area contributed by atoms with Crippen molar-refractivity contribution >= 4 is 27.6 Å². The Morgan fingerprint density at radius 1 is 0.973 bits per heavy atom. The predicted octanol–water partition coefficient (Wildman–Crippen LogP) is 5.22. The summed E-state index contributed by atoms with van der Waals surface area (Å²) in [5.41, 5.74) is 2.63. The molecule has 0 radical (unpaired) electrons. The van der Waals surface area contributed by atoms with Crippen LogP contribution < -0.4 is 10.0 Å². The van der Waals surface area contributed by atoms with Crippen molar-refractivity contribution in [2.45, 2.75) is 81.3 Å². The highest BCUT2D eigenvalue weighted by Gasteiger charge is 2.51. The van der Waals surface area contributed by atoms with Gasteiger partial charge in [-0.1, -0.05) is 43.5 Å². The number of nitrogens with one attached hydrogen (secondary N) is 2. The van der Waals surface area contributed by atoms with Gasteiger partial charge in [0.15, 0.2) is 0 Å². The first kappa shape index (κ1) is 28.5. The van der Waals surface area contributed by atoms with E-state index in [-0.39, 0.29) is 10.8 Å². The number of carbonyl (C=O) groups is 2. The summed E-state index contributed by atoms with van der Waals surface area (Å²) in [4.78, 5) is 22.1. The summed E-state index contributed by atoms with van der Waals surface area (Å²) in [7, 11) is -3.66. The molecule has 1 amide bonds. The third-order valence-electron chi connectivity index (χ3n) is 6.69. The minimum absolute atomic E-state index is 0.123. The fourth-order valence-corrected chi connectivity index (χ4v) is 5.80. The second kappa shape index (κ2) is 11.1. The molecule has 3 N–H and O–H groups in total. The number of hydrogen-bond donors (Lipinski definition) is 3. The lowest BCUT2D eigenvalue weighted by molar-refractivity contribution is -0.192. The van der Waals surface area contributed by atoms with Gasteiger partial charge in [0.25, 0.3) is 10.0 Å². The van der Waals surface area contributed by atoms with Gasteiger partial charge >= 0.3 is 12.1 Å². The number of amides is 1. The van der Waals surface area contributed by atoms with Crippen LogP contribution in [0.15, 0.2) is 47.4 Å². The Labute approximate surface area is 214 Å². The van der Waals surface area contributed by atoms with Gasteiger partial charge in [-0.25, -0.2) is 13.2 Å². The summed E-state index contributed by atoms with van der Waals surface area (Å²) < 4.78 is 60.1. The Morgan fingerprint density at radius 2 is 1.54 bits per heavy atom. The van der Waals surface area contributed by atoms with Crippen molar-refractivity contribution in [1.82, 2.24) is 5.32 Å². The second-order valence-electron chi connectivity index (χ2n) is 9.65. The Bertz CT molecular complexity index is 1230. The molecule has 0 unspecified atom stereocenters. The number of hydrogen-bond acceptors (Lipinski definition) is 4. The lowest BCUT2D eigenvalue weighted by Crippen LogP contribution is -2.42. The van der Waals surface area contributed by atoms with Crippen molar-refractivity contribution in [2.24, 2.45) is 0 Å². The van der Waals surface area contributed by atoms with Crippen molar-refractivity contribution in [3.05, 3.63) is 59.2 Å². The number of carbonyl (C=O) groups excluding carboxylic acids is 1. The van der Waals surface area contributed by atoms with E-state index in [1.54, 1.807) is 25.1 Å². The fraction of sp³-hybridized carbons (Fsp3) is 0.462. The molecule has 0 atom stereocenters. The van der Waals surface area contributed by atoms with Crippen molar-refractivity contribution in [3.8, 4) is 0 Å². The number of sulfonamides is 1. The number of aryl methyl sites for hydroxylation is 2. The van der Waals surface area contributed by atoms with E-state index in [9.17, 15) is 26.4 Å². The molecular formula is C26H31F3N2O5S. The van der Waals surface area contributed by atoms with Crippen LogP contribution in [0.3, 0.4) is 0 Å². The molecule has 0 spiro atoms. The monoisotopic (exact) mass is 540 g/mol. The van der Waals surface area contributed by atoms with Crippen molar-refractivity contribution in [1.29, 1.82) is 0 Å². The summed E-state index contributed by atoms with van der Waals surface area (Å²) in [6.07, 6.45) is 2.39. The molecule has 2 aromatic rings. The van der Waals surface area contributed by atoms with Gasteiger partial charge in [0.1, 0.15) is 0 Å². The van der Waals surface area contributed by atoms with Gasteiger partial charge in [-0.15, -0.1) is 0 Å². The smallest absolute Gasteiger partial charge is 0.475 e. The maximum absolute atomic E-state index is 12.9. The van der Waals surface area contributed by atoms with Crippen molar-refractivity contribution in [3.63, 3.8) is 0 Å². The van der Waals surface area contributed by atoms with Gasteiger partial charge in [-0.2, -0.15) is 13.2 Å². The van der Waals surface area contributed by atoms with E-state index in [4.69, 9.17) is 9.90 Å². The molecule has 0 heterocycles. The van der Waals surface area contributed by atoms with Crippen LogP contribution in [0, 0.1) is 13.8 Å². The lowest BCUT2D eigenvalue weighted by Gasteiger charge is -2.25. The number of alkyl halides is 3. The van der Waals surface area contributed by atoms with Crippen molar-refractivity contribution in [2.75, 3.05) is 4.72 Å². The quantitative estimate of drug-likeness (QED) is 0.465. The highest BCUT2D eigenvalue weighted by molar-refractivity contribution is 7.92. The van der Waals surface area contributed by atoms with E-state index >= 15 is 0 Å². The van der Waals surface area contributed by atoms with E-state index in [0.717, 1.165) is 36.8 Å². The van der Waals surface area contributed by atoms with E-state index < -0.39 is 27.6 Å². The SMILES string of the molecule is Cc1ccc(C)c(S(=O)(=O)Nc2ccc(C3(C(=O)NC4CCCCC4)CC3)cc2)c1.O=C(O)C(F)(F)F. The zero-order valence-electron chi connectivity index (χ0n) is 20.7. The largest absolute Gasteiger partial charge is 0.490 e. The molecule has 2 fully saturated rings. The average Bonchev–Trinajstić information content (AvgIpc) is 3.63. The first-order valence-electron chi connectivity index (χ1n) is 12.1. The minimum atomic E-state index is -5.08. The lowest BCUT2D eigenvalue weighted by atomic mass is 9.91. The third-order valence-corrected chi connectivity index (χ3v) is 8.21. The second-order valence-corrected chi connectivity index (χ2v) is 11.3. The molecule has 202 valence electrons. The number of aliphatic carboxylic acids is 1. The number of benzene rings is 2. The van der Waals surface area contributed by atoms with E-state index in [1.807, 2.05) is 31.2 Å². The normalized spacial score (nSPS) is 17.2. The van der Waals surface area contributed by atoms with Gasteiger partial charge in [0.05, 0.1) is 10.3 Å². The number of halogens is 3. The molecule has 4 rings (SSSR count).